The second kappa shape index (κ2) is 5.14. The highest BCUT2D eigenvalue weighted by Gasteiger charge is 2.09. The third-order valence-corrected chi connectivity index (χ3v) is 2.59. The molecule has 2 aromatic rings. The summed E-state index contributed by atoms with van der Waals surface area (Å²) in [5.41, 5.74) is 1.92. The van der Waals surface area contributed by atoms with Gasteiger partial charge >= 0.3 is 0 Å². The van der Waals surface area contributed by atoms with E-state index in [0.717, 1.165) is 24.1 Å². The molecule has 0 aliphatic heterocycles. The molecule has 5 heteroatoms. The molecule has 0 aromatic carbocycles. The Morgan fingerprint density at radius 3 is 2.88 bits per heavy atom. The Labute approximate surface area is 101 Å². The van der Waals surface area contributed by atoms with E-state index in [1.54, 1.807) is 6.33 Å². The summed E-state index contributed by atoms with van der Waals surface area (Å²) in [6.07, 6.45) is 3.58. The van der Waals surface area contributed by atoms with Crippen LogP contribution in [0, 0.1) is 0 Å². The number of ether oxygens (including phenoxy) is 1. The number of likely N-dealkylation sites (N-methyl/N-ethyl adjacent to an activating group) is 1. The van der Waals surface area contributed by atoms with Gasteiger partial charge in [-0.05, 0) is 27.1 Å². The average Bonchev–Trinajstić information content (AvgIpc) is 2.71. The first kappa shape index (κ1) is 11.9. The van der Waals surface area contributed by atoms with Crippen molar-refractivity contribution >= 4 is 11.0 Å². The third-order valence-electron chi connectivity index (χ3n) is 2.59. The van der Waals surface area contributed by atoms with E-state index in [-0.39, 0.29) is 0 Å². The van der Waals surface area contributed by atoms with Crippen LogP contribution in [0.5, 0.6) is 5.88 Å². The third kappa shape index (κ3) is 2.55. The molecule has 0 saturated heterocycles. The highest BCUT2D eigenvalue weighted by molar-refractivity contribution is 5.80. The lowest BCUT2D eigenvalue weighted by molar-refractivity contribution is 0.327. The van der Waals surface area contributed by atoms with E-state index in [2.05, 4.69) is 33.5 Å². The second-order valence-electron chi connectivity index (χ2n) is 4.16. The van der Waals surface area contributed by atoms with Crippen molar-refractivity contribution < 1.29 is 4.74 Å². The fourth-order valence-corrected chi connectivity index (χ4v) is 1.74. The van der Waals surface area contributed by atoms with E-state index < -0.39 is 0 Å². The second-order valence-corrected chi connectivity index (χ2v) is 4.16. The first-order valence-electron chi connectivity index (χ1n) is 5.79. The zero-order valence-electron chi connectivity index (χ0n) is 10.6. The van der Waals surface area contributed by atoms with E-state index in [1.165, 1.54) is 0 Å². The predicted molar refractivity (Wildman–Crippen MR) is 67.3 cm³/mol. The van der Waals surface area contributed by atoms with Crippen LogP contribution >= 0.6 is 0 Å². The molecule has 2 aromatic heterocycles. The minimum absolute atomic E-state index is 0.616. The Balaban J connectivity index is 2.35. The number of hydrogen-bond acceptors (Lipinski definition) is 4. The van der Waals surface area contributed by atoms with E-state index in [4.69, 9.17) is 4.74 Å². The van der Waals surface area contributed by atoms with Gasteiger partial charge in [-0.25, -0.2) is 4.98 Å². The van der Waals surface area contributed by atoms with E-state index in [1.807, 2.05) is 19.2 Å². The highest BCUT2D eigenvalue weighted by Crippen LogP contribution is 2.22. The lowest BCUT2D eigenvalue weighted by Crippen LogP contribution is -2.18. The normalized spacial score (nSPS) is 11.3. The average molecular weight is 234 g/mol. The summed E-state index contributed by atoms with van der Waals surface area (Å²) in [5, 5.41) is 0. The summed E-state index contributed by atoms with van der Waals surface area (Å²) in [4.78, 5) is 10.6. The summed E-state index contributed by atoms with van der Waals surface area (Å²) in [7, 11) is 4.12. The maximum Gasteiger partial charge on any atom is 0.241 e. The topological polar surface area (TPSA) is 43.2 Å². The molecule has 17 heavy (non-hydrogen) atoms. The Morgan fingerprint density at radius 2 is 2.18 bits per heavy atom. The van der Waals surface area contributed by atoms with Crippen LogP contribution in [0.3, 0.4) is 0 Å². The predicted octanol–water partition coefficient (Wildman–Crippen LogP) is 1.39. The standard InChI is InChI=1S/C12H18N4O/c1-4-17-12-11-10(13-9-14-12)5-6-16(11)8-7-15(2)3/h5-6,9H,4,7-8H2,1-3H3. The summed E-state index contributed by atoms with van der Waals surface area (Å²) < 4.78 is 7.68. The van der Waals surface area contributed by atoms with Gasteiger partial charge in [0.25, 0.3) is 0 Å². The molecule has 0 amide bonds. The van der Waals surface area contributed by atoms with Gasteiger partial charge in [-0.15, -0.1) is 0 Å². The van der Waals surface area contributed by atoms with Crippen molar-refractivity contribution in [1.82, 2.24) is 19.4 Å². The van der Waals surface area contributed by atoms with Crippen molar-refractivity contribution in [3.05, 3.63) is 18.6 Å². The van der Waals surface area contributed by atoms with Crippen LogP contribution < -0.4 is 4.74 Å². The molecule has 0 atom stereocenters. The largest absolute Gasteiger partial charge is 0.476 e. The van der Waals surface area contributed by atoms with Gasteiger partial charge in [0.15, 0.2) is 0 Å². The van der Waals surface area contributed by atoms with Crippen molar-refractivity contribution in [3.63, 3.8) is 0 Å². The molecular formula is C12H18N4O. The zero-order chi connectivity index (χ0) is 12.3. The van der Waals surface area contributed by atoms with Crippen LogP contribution in [0.1, 0.15) is 6.92 Å². The molecule has 2 heterocycles. The van der Waals surface area contributed by atoms with Crippen molar-refractivity contribution in [2.24, 2.45) is 0 Å². The van der Waals surface area contributed by atoms with Gasteiger partial charge in [0.05, 0.1) is 12.1 Å². The minimum Gasteiger partial charge on any atom is -0.476 e. The van der Waals surface area contributed by atoms with Crippen molar-refractivity contribution in [2.45, 2.75) is 13.5 Å². The summed E-state index contributed by atoms with van der Waals surface area (Å²) >= 11 is 0. The van der Waals surface area contributed by atoms with Crippen LogP contribution in [0.4, 0.5) is 0 Å². The maximum absolute atomic E-state index is 5.54. The van der Waals surface area contributed by atoms with Gasteiger partial charge in [0.2, 0.25) is 5.88 Å². The number of hydrogen-bond donors (Lipinski definition) is 0. The van der Waals surface area contributed by atoms with Gasteiger partial charge in [-0.3, -0.25) is 0 Å². The van der Waals surface area contributed by atoms with Gasteiger partial charge in [-0.1, -0.05) is 0 Å². The molecule has 0 aliphatic carbocycles. The van der Waals surface area contributed by atoms with E-state index in [0.29, 0.717) is 12.5 Å². The van der Waals surface area contributed by atoms with Gasteiger partial charge in [0, 0.05) is 19.3 Å². The van der Waals surface area contributed by atoms with Gasteiger partial charge < -0.3 is 14.2 Å². The van der Waals surface area contributed by atoms with Crippen LogP contribution in [0.2, 0.25) is 0 Å². The van der Waals surface area contributed by atoms with Crippen LogP contribution in [-0.2, 0) is 6.54 Å². The summed E-state index contributed by atoms with van der Waals surface area (Å²) in [6.45, 7) is 4.46. The molecule has 2 rings (SSSR count). The Morgan fingerprint density at radius 1 is 1.35 bits per heavy atom. The molecule has 0 bridgehead atoms. The van der Waals surface area contributed by atoms with Crippen molar-refractivity contribution in [2.75, 3.05) is 27.2 Å². The monoisotopic (exact) mass is 234 g/mol. The van der Waals surface area contributed by atoms with Crippen molar-refractivity contribution in [1.29, 1.82) is 0 Å². The summed E-state index contributed by atoms with van der Waals surface area (Å²) in [5.74, 6) is 0.668. The molecule has 0 aliphatic rings. The molecule has 0 unspecified atom stereocenters. The highest BCUT2D eigenvalue weighted by atomic mass is 16.5. The first-order valence-corrected chi connectivity index (χ1v) is 5.79. The fraction of sp³-hybridized carbons (Fsp3) is 0.500. The van der Waals surface area contributed by atoms with E-state index >= 15 is 0 Å². The molecular weight excluding hydrogens is 216 g/mol. The Hall–Kier alpha value is -1.62. The van der Waals surface area contributed by atoms with Gasteiger partial charge in [0.1, 0.15) is 11.8 Å². The van der Waals surface area contributed by atoms with Crippen LogP contribution in [0.15, 0.2) is 18.6 Å². The lowest BCUT2D eigenvalue weighted by Gasteiger charge is -2.12. The molecule has 0 radical (unpaired) electrons. The smallest absolute Gasteiger partial charge is 0.241 e. The number of fused-ring (bicyclic) bond motifs is 1. The van der Waals surface area contributed by atoms with E-state index in [9.17, 15) is 0 Å². The molecule has 5 nitrogen and oxygen atoms in total. The van der Waals surface area contributed by atoms with Crippen LogP contribution in [-0.4, -0.2) is 46.7 Å². The zero-order valence-corrected chi connectivity index (χ0v) is 10.6. The number of aromatic nitrogens is 3. The quantitative estimate of drug-likeness (QED) is 0.784. The minimum atomic E-state index is 0.616. The maximum atomic E-state index is 5.54. The summed E-state index contributed by atoms with van der Waals surface area (Å²) in [6, 6.07) is 2.00. The molecule has 0 saturated carbocycles. The first-order chi connectivity index (χ1) is 8.22. The van der Waals surface area contributed by atoms with Crippen molar-refractivity contribution in [3.8, 4) is 5.88 Å². The number of nitrogens with zero attached hydrogens (tertiary/aromatic N) is 4. The van der Waals surface area contributed by atoms with Gasteiger partial charge in [-0.2, -0.15) is 4.98 Å². The molecule has 92 valence electrons. The molecule has 0 N–H and O–H groups in total. The Bertz CT molecular complexity index is 492. The Kier molecular flexibility index (Phi) is 3.58. The fourth-order valence-electron chi connectivity index (χ4n) is 1.74. The SMILES string of the molecule is CCOc1ncnc2ccn(CCN(C)C)c12. The molecule has 0 fully saturated rings. The van der Waals surface area contributed by atoms with Crippen LogP contribution in [0.25, 0.3) is 11.0 Å². The lowest BCUT2D eigenvalue weighted by atomic mass is 10.4. The number of rotatable bonds is 5. The molecule has 0 spiro atoms.